The van der Waals surface area contributed by atoms with Crippen LogP contribution in [0.1, 0.15) is 11.1 Å². The minimum absolute atomic E-state index is 0.0200. The molecule has 25 heavy (non-hydrogen) atoms. The molecule has 0 saturated carbocycles. The van der Waals surface area contributed by atoms with Gasteiger partial charge in [0.05, 0.1) is 4.92 Å². The van der Waals surface area contributed by atoms with E-state index in [9.17, 15) is 19.7 Å². The zero-order valence-electron chi connectivity index (χ0n) is 13.4. The molecule has 7 nitrogen and oxygen atoms in total. The van der Waals surface area contributed by atoms with Crippen LogP contribution >= 0.6 is 11.6 Å². The Balaban J connectivity index is 1.91. The Morgan fingerprint density at radius 3 is 2.44 bits per heavy atom. The number of hydrogen-bond acceptors (Lipinski definition) is 4. The second kappa shape index (κ2) is 8.25. The summed E-state index contributed by atoms with van der Waals surface area (Å²) in [5, 5.41) is 16.4. The maximum atomic E-state index is 11.9. The first-order valence-electron chi connectivity index (χ1n) is 7.45. The molecule has 130 valence electrons. The standard InChI is InChI=1S/C17H16ClN3O4/c1-11-2-7-14(15(10-11)21(24)25)20-17(23)16(22)19-9-8-12-3-5-13(18)6-4-12/h2-7,10H,8-9H2,1H3,(H,19,22)(H,20,23). The molecule has 2 rings (SSSR count). The summed E-state index contributed by atoms with van der Waals surface area (Å²) in [6.07, 6.45) is 0.529. The van der Waals surface area contributed by atoms with Crippen LogP contribution in [-0.2, 0) is 16.0 Å². The third-order valence-corrected chi connectivity index (χ3v) is 3.67. The summed E-state index contributed by atoms with van der Waals surface area (Å²) in [4.78, 5) is 34.1. The molecule has 0 radical (unpaired) electrons. The number of aryl methyl sites for hydroxylation is 1. The van der Waals surface area contributed by atoms with Crippen molar-refractivity contribution in [3.8, 4) is 0 Å². The average Bonchev–Trinajstić information content (AvgIpc) is 2.57. The highest BCUT2D eigenvalue weighted by molar-refractivity contribution is 6.39. The van der Waals surface area contributed by atoms with Crippen molar-refractivity contribution in [3.05, 3.63) is 68.7 Å². The van der Waals surface area contributed by atoms with Gasteiger partial charge in [0, 0.05) is 17.6 Å². The normalized spacial score (nSPS) is 10.2. The molecule has 0 unspecified atom stereocenters. The third-order valence-electron chi connectivity index (χ3n) is 3.42. The quantitative estimate of drug-likeness (QED) is 0.485. The van der Waals surface area contributed by atoms with Crippen molar-refractivity contribution in [1.82, 2.24) is 5.32 Å². The molecular formula is C17H16ClN3O4. The topological polar surface area (TPSA) is 101 Å². The molecule has 0 atom stereocenters. The summed E-state index contributed by atoms with van der Waals surface area (Å²) in [7, 11) is 0. The van der Waals surface area contributed by atoms with E-state index in [2.05, 4.69) is 10.6 Å². The van der Waals surface area contributed by atoms with Gasteiger partial charge >= 0.3 is 11.8 Å². The van der Waals surface area contributed by atoms with Gasteiger partial charge in [0.25, 0.3) is 5.69 Å². The monoisotopic (exact) mass is 361 g/mol. The van der Waals surface area contributed by atoms with E-state index in [4.69, 9.17) is 11.6 Å². The van der Waals surface area contributed by atoms with E-state index in [1.807, 2.05) is 12.1 Å². The zero-order valence-corrected chi connectivity index (χ0v) is 14.2. The molecule has 0 spiro atoms. The fourth-order valence-electron chi connectivity index (χ4n) is 2.13. The molecule has 0 aliphatic heterocycles. The van der Waals surface area contributed by atoms with Crippen LogP contribution in [0.25, 0.3) is 0 Å². The molecule has 0 saturated heterocycles. The minimum Gasteiger partial charge on any atom is -0.347 e. The molecule has 0 bridgehead atoms. The highest BCUT2D eigenvalue weighted by Gasteiger charge is 2.19. The van der Waals surface area contributed by atoms with Gasteiger partial charge in [0.1, 0.15) is 5.69 Å². The van der Waals surface area contributed by atoms with Gasteiger partial charge in [0.15, 0.2) is 0 Å². The number of halogens is 1. The molecule has 0 heterocycles. The summed E-state index contributed by atoms with van der Waals surface area (Å²) in [5.41, 5.74) is 1.35. The summed E-state index contributed by atoms with van der Waals surface area (Å²) >= 11 is 5.79. The van der Waals surface area contributed by atoms with Crippen LogP contribution in [0.2, 0.25) is 5.02 Å². The smallest absolute Gasteiger partial charge is 0.313 e. The van der Waals surface area contributed by atoms with Crippen molar-refractivity contribution < 1.29 is 14.5 Å². The average molecular weight is 362 g/mol. The molecule has 2 N–H and O–H groups in total. The Labute approximate surface area is 149 Å². The van der Waals surface area contributed by atoms with Gasteiger partial charge in [-0.1, -0.05) is 29.8 Å². The maximum absolute atomic E-state index is 11.9. The largest absolute Gasteiger partial charge is 0.347 e. The lowest BCUT2D eigenvalue weighted by Crippen LogP contribution is -2.36. The number of nitro benzene ring substituents is 1. The number of carbonyl (C=O) groups excluding carboxylic acids is 2. The molecule has 2 aromatic rings. The molecule has 8 heteroatoms. The zero-order chi connectivity index (χ0) is 18.4. The molecule has 0 fully saturated rings. The maximum Gasteiger partial charge on any atom is 0.313 e. The first-order valence-corrected chi connectivity index (χ1v) is 7.83. The van der Waals surface area contributed by atoms with Crippen LogP contribution in [0, 0.1) is 17.0 Å². The van der Waals surface area contributed by atoms with Gasteiger partial charge in [-0.2, -0.15) is 0 Å². The van der Waals surface area contributed by atoms with Crippen LogP contribution in [-0.4, -0.2) is 23.3 Å². The first kappa shape index (κ1) is 18.4. The van der Waals surface area contributed by atoms with Crippen LogP contribution in [0.15, 0.2) is 42.5 Å². The molecule has 0 aliphatic carbocycles. The second-order valence-electron chi connectivity index (χ2n) is 5.36. The van der Waals surface area contributed by atoms with Gasteiger partial charge in [-0.15, -0.1) is 0 Å². The van der Waals surface area contributed by atoms with Crippen LogP contribution in [0.4, 0.5) is 11.4 Å². The van der Waals surface area contributed by atoms with Gasteiger partial charge in [-0.25, -0.2) is 0 Å². The number of rotatable bonds is 5. The van der Waals surface area contributed by atoms with E-state index >= 15 is 0 Å². The number of nitrogens with zero attached hydrogens (tertiary/aromatic N) is 1. The Morgan fingerprint density at radius 1 is 1.12 bits per heavy atom. The van der Waals surface area contributed by atoms with E-state index in [1.54, 1.807) is 25.1 Å². The lowest BCUT2D eigenvalue weighted by atomic mass is 10.1. The summed E-state index contributed by atoms with van der Waals surface area (Å²) in [5.74, 6) is -1.81. The fourth-order valence-corrected chi connectivity index (χ4v) is 2.26. The van der Waals surface area contributed by atoms with Crippen molar-refractivity contribution in [2.45, 2.75) is 13.3 Å². The number of amides is 2. The van der Waals surface area contributed by atoms with Gasteiger partial charge < -0.3 is 10.6 Å². The van der Waals surface area contributed by atoms with Crippen molar-refractivity contribution in [2.24, 2.45) is 0 Å². The predicted octanol–water partition coefficient (Wildman–Crippen LogP) is 2.85. The van der Waals surface area contributed by atoms with Crippen molar-refractivity contribution in [2.75, 3.05) is 11.9 Å². The lowest BCUT2D eigenvalue weighted by molar-refractivity contribution is -0.384. The molecule has 2 amide bonds. The minimum atomic E-state index is -0.956. The van der Waals surface area contributed by atoms with Crippen LogP contribution < -0.4 is 10.6 Å². The van der Waals surface area contributed by atoms with Crippen LogP contribution in [0.5, 0.6) is 0 Å². The summed E-state index contributed by atoms with van der Waals surface area (Å²) < 4.78 is 0. The molecule has 0 aliphatic rings. The van der Waals surface area contributed by atoms with Crippen molar-refractivity contribution >= 4 is 34.8 Å². The predicted molar refractivity (Wildman–Crippen MR) is 94.6 cm³/mol. The SMILES string of the molecule is Cc1ccc(NC(=O)C(=O)NCCc2ccc(Cl)cc2)c([N+](=O)[O-])c1. The van der Waals surface area contributed by atoms with Gasteiger partial charge in [-0.05, 0) is 42.7 Å². The van der Waals surface area contributed by atoms with Crippen molar-refractivity contribution in [1.29, 1.82) is 0 Å². The number of hydrogen-bond donors (Lipinski definition) is 2. The number of nitrogens with one attached hydrogen (secondary N) is 2. The molecule has 0 aromatic heterocycles. The number of carbonyl (C=O) groups is 2. The first-order chi connectivity index (χ1) is 11.9. The van der Waals surface area contributed by atoms with Crippen LogP contribution in [0.3, 0.4) is 0 Å². The molecular weight excluding hydrogens is 346 g/mol. The van der Waals surface area contributed by atoms with Gasteiger partial charge in [0.2, 0.25) is 0 Å². The van der Waals surface area contributed by atoms with Gasteiger partial charge in [-0.3, -0.25) is 19.7 Å². The Morgan fingerprint density at radius 2 is 1.80 bits per heavy atom. The lowest BCUT2D eigenvalue weighted by Gasteiger charge is -2.08. The Hall–Kier alpha value is -2.93. The van der Waals surface area contributed by atoms with E-state index in [1.165, 1.54) is 12.1 Å². The second-order valence-corrected chi connectivity index (χ2v) is 5.80. The Kier molecular flexibility index (Phi) is 6.08. The number of anilines is 1. The van der Waals surface area contributed by atoms with E-state index in [0.29, 0.717) is 17.0 Å². The fraction of sp³-hybridized carbons (Fsp3) is 0.176. The molecule has 2 aromatic carbocycles. The Bertz CT molecular complexity index is 806. The highest BCUT2D eigenvalue weighted by atomic mass is 35.5. The van der Waals surface area contributed by atoms with E-state index in [0.717, 1.165) is 5.56 Å². The summed E-state index contributed by atoms with van der Waals surface area (Å²) in [6, 6.07) is 11.5. The van der Waals surface area contributed by atoms with E-state index < -0.39 is 16.7 Å². The number of benzene rings is 2. The third kappa shape index (κ3) is 5.29. The number of nitro groups is 1. The summed E-state index contributed by atoms with van der Waals surface area (Å²) in [6.45, 7) is 1.95. The van der Waals surface area contributed by atoms with Crippen molar-refractivity contribution in [3.63, 3.8) is 0 Å². The highest BCUT2D eigenvalue weighted by Crippen LogP contribution is 2.25. The van der Waals surface area contributed by atoms with E-state index in [-0.39, 0.29) is 17.9 Å².